The summed E-state index contributed by atoms with van der Waals surface area (Å²) in [5.74, 6) is -2.31. The molecule has 6 aliphatic rings. The molecule has 0 unspecified atom stereocenters. The third-order valence-corrected chi connectivity index (χ3v) is 5.63. The molecule has 0 N–H and O–H groups in total. The van der Waals surface area contributed by atoms with Crippen molar-refractivity contribution >= 4 is 0 Å². The van der Waals surface area contributed by atoms with Crippen molar-refractivity contribution in [3.8, 4) is 0 Å². The molecule has 0 amide bonds. The summed E-state index contributed by atoms with van der Waals surface area (Å²) in [7, 11) is 0. The fourth-order valence-corrected chi connectivity index (χ4v) is 5.32. The summed E-state index contributed by atoms with van der Waals surface area (Å²) in [5, 5.41) is 0. The van der Waals surface area contributed by atoms with E-state index in [1.54, 1.807) is 0 Å². The van der Waals surface area contributed by atoms with Gasteiger partial charge in [0, 0.05) is 0 Å². The minimum Gasteiger partial charge on any atom is -0.236 e. The van der Waals surface area contributed by atoms with Crippen molar-refractivity contribution in [1.29, 1.82) is 0 Å². The zero-order valence-corrected chi connectivity index (χ0v) is 6.72. The molecule has 0 heterocycles. The normalized spacial score (nSPS) is 98.2. The van der Waals surface area contributed by atoms with Gasteiger partial charge in [-0.1, -0.05) is 0 Å². The number of alkyl halides is 7. The molecule has 0 nitrogen and oxygen atoms in total. The highest BCUT2D eigenvalue weighted by Gasteiger charge is 3.45. The molecule has 15 heavy (non-hydrogen) atoms. The summed E-state index contributed by atoms with van der Waals surface area (Å²) < 4.78 is 94.3. The van der Waals surface area contributed by atoms with Crippen LogP contribution in [0.5, 0.6) is 0 Å². The van der Waals surface area contributed by atoms with Gasteiger partial charge in [-0.15, -0.1) is 0 Å². The molecule has 0 aliphatic heterocycles. The van der Waals surface area contributed by atoms with E-state index in [0.29, 0.717) is 0 Å². The predicted octanol–water partition coefficient (Wildman–Crippen LogP) is 1.63. The van der Waals surface area contributed by atoms with Crippen molar-refractivity contribution in [2.24, 2.45) is 5.92 Å². The SMILES string of the molecule is FC12C3C4(F)C1(F)C1(F)C2(F)C3(F)C41F. The number of hydrogen-bond acceptors (Lipinski definition) is 0. The topological polar surface area (TPSA) is 0 Å². The molecular weight excluding hydrogens is 229 g/mol. The van der Waals surface area contributed by atoms with Crippen molar-refractivity contribution in [1.82, 2.24) is 0 Å². The highest BCUT2D eigenvalue weighted by Crippen LogP contribution is 3.15. The third-order valence-electron chi connectivity index (χ3n) is 5.63. The van der Waals surface area contributed by atoms with Gasteiger partial charge in [-0.2, -0.15) is 0 Å². The maximum absolute atomic E-state index is 13.5. The van der Waals surface area contributed by atoms with Crippen LogP contribution in [0.15, 0.2) is 0 Å². The standard InChI is InChI=1S/C8HF7/c9-2-1-3(10)5(2,12)8(15)6(2,13)4(1,11)7(3,8)14/h1H. The molecule has 6 fully saturated rings. The molecule has 0 spiro atoms. The van der Waals surface area contributed by atoms with E-state index in [9.17, 15) is 30.7 Å². The minimum atomic E-state index is -3.96. The van der Waals surface area contributed by atoms with Crippen LogP contribution in [0.1, 0.15) is 0 Å². The average molecular weight is 230 g/mol. The zero-order valence-electron chi connectivity index (χ0n) is 6.72. The Morgan fingerprint density at radius 1 is 0.467 bits per heavy atom. The first-order valence-electron chi connectivity index (χ1n) is 4.44. The van der Waals surface area contributed by atoms with E-state index in [1.807, 2.05) is 0 Å². The van der Waals surface area contributed by atoms with Crippen LogP contribution in [0.4, 0.5) is 30.7 Å². The molecule has 0 aromatic carbocycles. The molecule has 0 bridgehead atoms. The van der Waals surface area contributed by atoms with Crippen LogP contribution in [-0.2, 0) is 0 Å². The first kappa shape index (κ1) is 7.73. The van der Waals surface area contributed by atoms with E-state index in [4.69, 9.17) is 0 Å². The summed E-state index contributed by atoms with van der Waals surface area (Å²) in [6.45, 7) is 0. The third kappa shape index (κ3) is 0.184. The second-order valence-electron chi connectivity index (χ2n) is 5.20. The molecule has 0 atom stereocenters. The molecule has 6 rings (SSSR count). The van der Waals surface area contributed by atoms with Crippen molar-refractivity contribution in [2.75, 3.05) is 0 Å². The molecular formula is C8HF7. The summed E-state index contributed by atoms with van der Waals surface area (Å²) >= 11 is 0. The summed E-state index contributed by atoms with van der Waals surface area (Å²) in [4.78, 5) is 0. The van der Waals surface area contributed by atoms with Crippen molar-refractivity contribution < 1.29 is 30.7 Å². The lowest BCUT2D eigenvalue weighted by molar-refractivity contribution is -0.771. The molecule has 7 heteroatoms. The van der Waals surface area contributed by atoms with Crippen molar-refractivity contribution in [3.63, 3.8) is 0 Å². The maximum atomic E-state index is 13.5. The summed E-state index contributed by atoms with van der Waals surface area (Å²) in [6.07, 6.45) is 0. The van der Waals surface area contributed by atoms with Gasteiger partial charge in [0.1, 0.15) is 0 Å². The first-order chi connectivity index (χ1) is 6.62. The average Bonchev–Trinajstić information content (AvgIpc) is 2.19. The number of halogens is 7. The van der Waals surface area contributed by atoms with Crippen LogP contribution in [0, 0.1) is 5.92 Å². The lowest BCUT2D eigenvalue weighted by atomic mass is 8.93. The fraction of sp³-hybridized carbons (Fsp3) is 1.00. The van der Waals surface area contributed by atoms with Crippen LogP contribution < -0.4 is 0 Å². The first-order valence-corrected chi connectivity index (χ1v) is 4.44. The number of hydrogen-bond donors (Lipinski definition) is 0. The molecule has 6 aliphatic carbocycles. The Morgan fingerprint density at radius 2 is 0.733 bits per heavy atom. The second-order valence-corrected chi connectivity index (χ2v) is 5.20. The Morgan fingerprint density at radius 3 is 1.00 bits per heavy atom. The predicted molar refractivity (Wildman–Crippen MR) is 30.4 cm³/mol. The Hall–Kier alpha value is -0.490. The summed E-state index contributed by atoms with van der Waals surface area (Å²) in [6, 6.07) is 0. The van der Waals surface area contributed by atoms with E-state index in [0.717, 1.165) is 0 Å². The molecule has 0 radical (unpaired) electrons. The number of rotatable bonds is 0. The fourth-order valence-electron chi connectivity index (χ4n) is 5.32. The quantitative estimate of drug-likeness (QED) is 0.555. The van der Waals surface area contributed by atoms with Gasteiger partial charge in [-0.05, 0) is 0 Å². The smallest absolute Gasteiger partial charge is 0.232 e. The minimum absolute atomic E-state index is 2.31. The van der Waals surface area contributed by atoms with Crippen LogP contribution in [-0.4, -0.2) is 39.7 Å². The van der Waals surface area contributed by atoms with E-state index in [-0.39, 0.29) is 0 Å². The molecule has 0 saturated heterocycles. The Bertz CT molecular complexity index is 414. The maximum Gasteiger partial charge on any atom is 0.232 e. The van der Waals surface area contributed by atoms with E-state index < -0.39 is 45.6 Å². The van der Waals surface area contributed by atoms with Gasteiger partial charge in [0.05, 0.1) is 5.92 Å². The molecule has 0 aromatic rings. The lowest BCUT2D eigenvalue weighted by Gasteiger charge is -3.10. The van der Waals surface area contributed by atoms with E-state index >= 15 is 0 Å². The largest absolute Gasteiger partial charge is 0.236 e. The Labute approximate surface area is 77.4 Å². The van der Waals surface area contributed by atoms with Crippen molar-refractivity contribution in [3.05, 3.63) is 0 Å². The van der Waals surface area contributed by atoms with Gasteiger partial charge in [0.2, 0.25) is 39.7 Å². The second kappa shape index (κ2) is 1.07. The molecule has 0 aromatic heterocycles. The van der Waals surface area contributed by atoms with Gasteiger partial charge < -0.3 is 0 Å². The Kier molecular flexibility index (Phi) is 0.550. The molecule has 82 valence electrons. The van der Waals surface area contributed by atoms with Crippen molar-refractivity contribution in [2.45, 2.75) is 39.7 Å². The highest BCUT2D eigenvalue weighted by atomic mass is 19.2. The van der Waals surface area contributed by atoms with Crippen LogP contribution in [0.2, 0.25) is 0 Å². The van der Waals surface area contributed by atoms with Gasteiger partial charge >= 0.3 is 0 Å². The van der Waals surface area contributed by atoms with E-state index in [1.165, 1.54) is 0 Å². The van der Waals surface area contributed by atoms with Crippen LogP contribution in [0.25, 0.3) is 0 Å². The highest BCUT2D eigenvalue weighted by molar-refractivity contribution is 5.89. The zero-order chi connectivity index (χ0) is 11.1. The summed E-state index contributed by atoms with van der Waals surface area (Å²) in [5.41, 5.74) is -25.9. The Balaban J connectivity index is 1.92. The van der Waals surface area contributed by atoms with Gasteiger partial charge in [-0.25, -0.2) is 30.7 Å². The van der Waals surface area contributed by atoms with E-state index in [2.05, 4.69) is 0 Å². The lowest BCUT2D eigenvalue weighted by Crippen LogP contribution is -3.41. The van der Waals surface area contributed by atoms with Gasteiger partial charge in [0.15, 0.2) is 0 Å². The van der Waals surface area contributed by atoms with Crippen LogP contribution in [0.3, 0.4) is 0 Å². The van der Waals surface area contributed by atoms with Gasteiger partial charge in [-0.3, -0.25) is 0 Å². The van der Waals surface area contributed by atoms with Crippen LogP contribution >= 0.6 is 0 Å². The molecule has 6 saturated carbocycles. The van der Waals surface area contributed by atoms with Gasteiger partial charge in [0.25, 0.3) is 0 Å². The monoisotopic (exact) mass is 230 g/mol.